The van der Waals surface area contributed by atoms with Gasteiger partial charge in [-0.15, -0.1) is 0 Å². The van der Waals surface area contributed by atoms with Gasteiger partial charge in [0, 0.05) is 24.2 Å². The summed E-state index contributed by atoms with van der Waals surface area (Å²) in [5, 5.41) is 9.32. The van der Waals surface area contributed by atoms with E-state index in [1.54, 1.807) is 17.2 Å². The summed E-state index contributed by atoms with van der Waals surface area (Å²) in [5.41, 5.74) is 2.10. The molecule has 0 radical (unpaired) electrons. The van der Waals surface area contributed by atoms with E-state index in [9.17, 15) is 9.90 Å². The summed E-state index contributed by atoms with van der Waals surface area (Å²) in [4.78, 5) is 19.1. The van der Waals surface area contributed by atoms with Crippen molar-refractivity contribution in [1.29, 1.82) is 0 Å². The number of aromatic nitrogens is 1. The van der Waals surface area contributed by atoms with Crippen LogP contribution in [0.2, 0.25) is 0 Å². The van der Waals surface area contributed by atoms with Gasteiger partial charge in [0.05, 0.1) is 31.1 Å². The Morgan fingerprint density at radius 3 is 2.74 bits per heavy atom. The Morgan fingerprint density at radius 2 is 1.93 bits per heavy atom. The van der Waals surface area contributed by atoms with Crippen molar-refractivity contribution in [1.82, 2.24) is 9.88 Å². The van der Waals surface area contributed by atoms with Crippen molar-refractivity contribution >= 4 is 5.91 Å². The fraction of sp³-hybridized carbons (Fsp3) is 0.238. The molecule has 1 saturated heterocycles. The first-order chi connectivity index (χ1) is 13.3. The highest BCUT2D eigenvalue weighted by atomic mass is 16.5. The van der Waals surface area contributed by atoms with E-state index in [4.69, 9.17) is 9.15 Å². The molecule has 1 aliphatic heterocycles. The summed E-state index contributed by atoms with van der Waals surface area (Å²) in [6, 6.07) is 17.0. The van der Waals surface area contributed by atoms with Crippen molar-refractivity contribution in [2.75, 3.05) is 26.3 Å². The number of oxazole rings is 1. The number of carbonyl (C=O) groups excluding carboxylic acids is 1. The Morgan fingerprint density at radius 1 is 1.15 bits per heavy atom. The number of rotatable bonds is 4. The summed E-state index contributed by atoms with van der Waals surface area (Å²) in [7, 11) is 0. The quantitative estimate of drug-likeness (QED) is 0.770. The van der Waals surface area contributed by atoms with Gasteiger partial charge in [0.1, 0.15) is 0 Å². The van der Waals surface area contributed by atoms with E-state index in [0.717, 1.165) is 5.56 Å². The average Bonchev–Trinajstić information content (AvgIpc) is 3.24. The highest BCUT2D eigenvalue weighted by molar-refractivity contribution is 6.00. The first kappa shape index (κ1) is 17.5. The molecule has 2 heterocycles. The van der Waals surface area contributed by atoms with Crippen LogP contribution in [0.4, 0.5) is 0 Å². The molecular formula is C21H20N2O4. The largest absolute Gasteiger partial charge is 0.436 e. The number of morpholine rings is 1. The lowest BCUT2D eigenvalue weighted by Gasteiger charge is -2.32. The lowest BCUT2D eigenvalue weighted by Crippen LogP contribution is -2.47. The van der Waals surface area contributed by atoms with Crippen LogP contribution in [-0.2, 0) is 4.74 Å². The number of hydrogen-bond donors (Lipinski definition) is 1. The molecule has 1 aliphatic rings. The van der Waals surface area contributed by atoms with E-state index in [-0.39, 0.29) is 18.6 Å². The fourth-order valence-corrected chi connectivity index (χ4v) is 3.18. The van der Waals surface area contributed by atoms with Gasteiger partial charge in [-0.1, -0.05) is 42.5 Å². The monoisotopic (exact) mass is 364 g/mol. The minimum Gasteiger partial charge on any atom is -0.436 e. The van der Waals surface area contributed by atoms with Gasteiger partial charge < -0.3 is 19.2 Å². The van der Waals surface area contributed by atoms with Gasteiger partial charge in [-0.05, 0) is 12.1 Å². The highest BCUT2D eigenvalue weighted by Crippen LogP contribution is 2.29. The fourth-order valence-electron chi connectivity index (χ4n) is 3.18. The van der Waals surface area contributed by atoms with Crippen LogP contribution in [0.1, 0.15) is 10.4 Å². The van der Waals surface area contributed by atoms with Gasteiger partial charge >= 0.3 is 0 Å². The molecule has 1 atom stereocenters. The molecule has 2 aromatic carbocycles. The van der Waals surface area contributed by atoms with Gasteiger partial charge in [-0.25, -0.2) is 4.98 Å². The number of nitrogens with zero attached hydrogens (tertiary/aromatic N) is 2. The number of amides is 1. The zero-order chi connectivity index (χ0) is 18.6. The predicted octanol–water partition coefficient (Wildman–Crippen LogP) is 2.84. The second-order valence-electron chi connectivity index (χ2n) is 6.37. The third-order valence-electron chi connectivity index (χ3n) is 4.58. The molecule has 138 valence electrons. The van der Waals surface area contributed by atoms with Crippen LogP contribution in [-0.4, -0.2) is 53.3 Å². The summed E-state index contributed by atoms with van der Waals surface area (Å²) < 4.78 is 11.4. The molecule has 3 aromatic rings. The van der Waals surface area contributed by atoms with E-state index < -0.39 is 0 Å². The van der Waals surface area contributed by atoms with E-state index in [1.807, 2.05) is 48.5 Å². The second-order valence-corrected chi connectivity index (χ2v) is 6.37. The number of aliphatic hydroxyl groups excluding tert-OH is 1. The summed E-state index contributed by atoms with van der Waals surface area (Å²) in [6.07, 6.45) is 1.32. The van der Waals surface area contributed by atoms with E-state index >= 15 is 0 Å². The molecule has 27 heavy (non-hydrogen) atoms. The number of aliphatic hydroxyl groups is 1. The molecule has 1 fully saturated rings. The first-order valence-electron chi connectivity index (χ1n) is 8.88. The second kappa shape index (κ2) is 7.73. The van der Waals surface area contributed by atoms with Crippen LogP contribution in [0, 0.1) is 0 Å². The van der Waals surface area contributed by atoms with E-state index in [0.29, 0.717) is 42.5 Å². The van der Waals surface area contributed by atoms with Gasteiger partial charge in [-0.3, -0.25) is 4.79 Å². The Balaban J connectivity index is 1.64. The predicted molar refractivity (Wildman–Crippen MR) is 100 cm³/mol. The maximum atomic E-state index is 13.1. The van der Waals surface area contributed by atoms with Gasteiger partial charge in [0.15, 0.2) is 5.76 Å². The highest BCUT2D eigenvalue weighted by Gasteiger charge is 2.27. The molecule has 6 nitrogen and oxygen atoms in total. The molecule has 1 aromatic heterocycles. The van der Waals surface area contributed by atoms with Crippen molar-refractivity contribution < 1.29 is 19.1 Å². The van der Waals surface area contributed by atoms with Crippen LogP contribution in [0.15, 0.2) is 65.2 Å². The SMILES string of the molecule is O=C(c1ccccc1-c1ncc(-c2ccccc2)o1)N1CCO[C@@H](CO)C1. The smallest absolute Gasteiger partial charge is 0.254 e. The van der Waals surface area contributed by atoms with Crippen LogP contribution >= 0.6 is 0 Å². The topological polar surface area (TPSA) is 75.8 Å². The molecule has 1 N–H and O–H groups in total. The zero-order valence-corrected chi connectivity index (χ0v) is 14.7. The molecule has 0 spiro atoms. The number of hydrogen-bond acceptors (Lipinski definition) is 5. The molecule has 0 saturated carbocycles. The standard InChI is InChI=1S/C21H20N2O4/c24-14-16-13-23(10-11-26-16)21(25)18-9-5-4-8-17(18)20-22-12-19(27-20)15-6-2-1-3-7-15/h1-9,12,16,24H,10-11,13-14H2/t16-/m1/s1. The summed E-state index contributed by atoms with van der Waals surface area (Å²) in [5.74, 6) is 0.941. The Bertz CT molecular complexity index is 923. The Labute approximate surface area is 157 Å². The molecule has 0 unspecified atom stereocenters. The van der Waals surface area contributed by atoms with Crippen LogP contribution in [0.5, 0.6) is 0 Å². The molecule has 6 heteroatoms. The maximum Gasteiger partial charge on any atom is 0.254 e. The number of benzene rings is 2. The van der Waals surface area contributed by atoms with Crippen molar-refractivity contribution in [2.45, 2.75) is 6.10 Å². The van der Waals surface area contributed by atoms with Crippen molar-refractivity contribution in [3.05, 3.63) is 66.4 Å². The molecular weight excluding hydrogens is 344 g/mol. The number of carbonyl (C=O) groups is 1. The van der Waals surface area contributed by atoms with Crippen molar-refractivity contribution in [3.8, 4) is 22.8 Å². The third kappa shape index (κ3) is 3.63. The maximum absolute atomic E-state index is 13.1. The van der Waals surface area contributed by atoms with Crippen LogP contribution in [0.3, 0.4) is 0 Å². The number of ether oxygens (including phenoxy) is 1. The van der Waals surface area contributed by atoms with Crippen LogP contribution in [0.25, 0.3) is 22.8 Å². The van der Waals surface area contributed by atoms with Gasteiger partial charge in [0.2, 0.25) is 5.89 Å². The lowest BCUT2D eigenvalue weighted by molar-refractivity contribution is -0.0447. The van der Waals surface area contributed by atoms with Crippen molar-refractivity contribution in [3.63, 3.8) is 0 Å². The summed E-state index contributed by atoms with van der Waals surface area (Å²) >= 11 is 0. The van der Waals surface area contributed by atoms with Gasteiger partial charge in [0.25, 0.3) is 5.91 Å². The van der Waals surface area contributed by atoms with Crippen LogP contribution < -0.4 is 0 Å². The minimum absolute atomic E-state index is 0.106. The zero-order valence-electron chi connectivity index (χ0n) is 14.7. The Kier molecular flexibility index (Phi) is 5.00. The third-order valence-corrected chi connectivity index (χ3v) is 4.58. The molecule has 0 aliphatic carbocycles. The van der Waals surface area contributed by atoms with E-state index in [2.05, 4.69) is 4.98 Å². The molecule has 4 rings (SSSR count). The van der Waals surface area contributed by atoms with Crippen molar-refractivity contribution in [2.24, 2.45) is 0 Å². The van der Waals surface area contributed by atoms with Gasteiger partial charge in [-0.2, -0.15) is 0 Å². The molecule has 1 amide bonds. The first-order valence-corrected chi connectivity index (χ1v) is 8.88. The summed E-state index contributed by atoms with van der Waals surface area (Å²) in [6.45, 7) is 1.16. The molecule has 0 bridgehead atoms. The lowest BCUT2D eigenvalue weighted by atomic mass is 10.1. The minimum atomic E-state index is -0.346. The Hall–Kier alpha value is -2.96. The van der Waals surface area contributed by atoms with E-state index in [1.165, 1.54) is 0 Å². The average molecular weight is 364 g/mol. The normalized spacial score (nSPS) is 17.1.